The SMILES string of the molecule is Cc1ccc(-c2csc(NC(=O)CSc3nnc(C4CC4)n3C3CC3)n2)cc1. The normalized spacial score (nSPS) is 16.3. The van der Waals surface area contributed by atoms with Crippen LogP contribution in [0.1, 0.15) is 49.0 Å². The number of amides is 1. The van der Waals surface area contributed by atoms with Crippen molar-refractivity contribution < 1.29 is 4.79 Å². The molecule has 0 spiro atoms. The molecule has 0 bridgehead atoms. The molecule has 2 aromatic heterocycles. The Morgan fingerprint density at radius 3 is 2.71 bits per heavy atom. The van der Waals surface area contributed by atoms with Crippen molar-refractivity contribution in [2.45, 2.75) is 49.7 Å². The number of hydrogen-bond acceptors (Lipinski definition) is 6. The largest absolute Gasteiger partial charge is 0.303 e. The maximum atomic E-state index is 12.4. The number of anilines is 1. The maximum absolute atomic E-state index is 12.4. The number of hydrogen-bond donors (Lipinski definition) is 1. The lowest BCUT2D eigenvalue weighted by Gasteiger charge is -2.07. The summed E-state index contributed by atoms with van der Waals surface area (Å²) in [5, 5.41) is 15.1. The molecule has 1 aromatic carbocycles. The second kappa shape index (κ2) is 7.33. The van der Waals surface area contributed by atoms with Crippen molar-refractivity contribution in [3.05, 3.63) is 41.0 Å². The van der Waals surface area contributed by atoms with Gasteiger partial charge in [0, 0.05) is 22.9 Å². The van der Waals surface area contributed by atoms with Crippen LogP contribution in [-0.4, -0.2) is 31.4 Å². The van der Waals surface area contributed by atoms with Gasteiger partial charge < -0.3 is 9.88 Å². The molecule has 2 aliphatic carbocycles. The first-order valence-electron chi connectivity index (χ1n) is 9.57. The van der Waals surface area contributed by atoms with Crippen molar-refractivity contribution >= 4 is 34.1 Å². The van der Waals surface area contributed by atoms with Gasteiger partial charge in [-0.25, -0.2) is 4.98 Å². The van der Waals surface area contributed by atoms with Crippen molar-refractivity contribution in [3.8, 4) is 11.3 Å². The Morgan fingerprint density at radius 1 is 1.21 bits per heavy atom. The fraction of sp³-hybridized carbons (Fsp3) is 0.400. The van der Waals surface area contributed by atoms with Gasteiger partial charge in [-0.3, -0.25) is 4.79 Å². The number of thioether (sulfide) groups is 1. The molecule has 28 heavy (non-hydrogen) atoms. The van der Waals surface area contributed by atoms with E-state index in [9.17, 15) is 4.79 Å². The molecule has 144 valence electrons. The topological polar surface area (TPSA) is 72.7 Å². The van der Waals surface area contributed by atoms with Crippen molar-refractivity contribution in [3.63, 3.8) is 0 Å². The maximum Gasteiger partial charge on any atom is 0.236 e. The summed E-state index contributed by atoms with van der Waals surface area (Å²) in [6, 6.07) is 8.76. The summed E-state index contributed by atoms with van der Waals surface area (Å²) in [5.41, 5.74) is 3.16. The first-order valence-corrected chi connectivity index (χ1v) is 11.4. The number of rotatable bonds is 7. The lowest BCUT2D eigenvalue weighted by atomic mass is 10.1. The molecule has 1 amide bonds. The van der Waals surface area contributed by atoms with E-state index in [0.29, 0.717) is 22.8 Å². The van der Waals surface area contributed by atoms with E-state index in [-0.39, 0.29) is 5.91 Å². The Balaban J connectivity index is 1.21. The van der Waals surface area contributed by atoms with Crippen molar-refractivity contribution in [2.24, 2.45) is 0 Å². The molecule has 6 nitrogen and oxygen atoms in total. The third-order valence-electron chi connectivity index (χ3n) is 4.98. The van der Waals surface area contributed by atoms with Gasteiger partial charge in [0.05, 0.1) is 11.4 Å². The second-order valence-electron chi connectivity index (χ2n) is 7.46. The molecule has 8 heteroatoms. The van der Waals surface area contributed by atoms with E-state index in [1.54, 1.807) is 0 Å². The highest BCUT2D eigenvalue weighted by Crippen LogP contribution is 2.46. The molecule has 3 aromatic rings. The summed E-state index contributed by atoms with van der Waals surface area (Å²) in [4.78, 5) is 16.9. The van der Waals surface area contributed by atoms with Gasteiger partial charge in [-0.05, 0) is 32.6 Å². The van der Waals surface area contributed by atoms with Crippen molar-refractivity contribution in [1.29, 1.82) is 0 Å². The van der Waals surface area contributed by atoms with E-state index in [4.69, 9.17) is 0 Å². The van der Waals surface area contributed by atoms with Gasteiger partial charge in [-0.2, -0.15) is 0 Å². The molecule has 2 heterocycles. The number of aromatic nitrogens is 4. The van der Waals surface area contributed by atoms with E-state index in [1.807, 2.05) is 17.5 Å². The van der Waals surface area contributed by atoms with Gasteiger partial charge in [0.25, 0.3) is 0 Å². The number of carbonyl (C=O) groups is 1. The number of carbonyl (C=O) groups excluding carboxylic acids is 1. The molecule has 0 unspecified atom stereocenters. The van der Waals surface area contributed by atoms with Crippen LogP contribution in [0, 0.1) is 6.92 Å². The molecule has 0 radical (unpaired) electrons. The fourth-order valence-electron chi connectivity index (χ4n) is 3.16. The Kier molecular flexibility index (Phi) is 4.68. The molecule has 5 rings (SSSR count). The van der Waals surface area contributed by atoms with E-state index in [2.05, 4.69) is 44.1 Å². The number of nitrogens with zero attached hydrogens (tertiary/aromatic N) is 4. The van der Waals surface area contributed by atoms with Crippen LogP contribution >= 0.6 is 23.1 Å². The zero-order valence-corrected chi connectivity index (χ0v) is 17.2. The smallest absolute Gasteiger partial charge is 0.236 e. The molecule has 2 aliphatic rings. The first kappa shape index (κ1) is 17.9. The van der Waals surface area contributed by atoms with Crippen LogP contribution in [0.2, 0.25) is 0 Å². The monoisotopic (exact) mass is 411 g/mol. The molecular weight excluding hydrogens is 390 g/mol. The van der Waals surface area contributed by atoms with Gasteiger partial charge in [0.2, 0.25) is 5.91 Å². The fourth-order valence-corrected chi connectivity index (χ4v) is 4.70. The van der Waals surface area contributed by atoms with Gasteiger partial charge in [-0.15, -0.1) is 21.5 Å². The van der Waals surface area contributed by atoms with E-state index < -0.39 is 0 Å². The minimum Gasteiger partial charge on any atom is -0.303 e. The Labute approximate surface area is 171 Å². The number of benzene rings is 1. The Morgan fingerprint density at radius 2 is 2.00 bits per heavy atom. The zero-order chi connectivity index (χ0) is 19.1. The standard InChI is InChI=1S/C20H21N5OS2/c1-12-2-4-13(5-3-12)16-10-27-19(21-16)22-17(26)11-28-20-24-23-18(14-6-7-14)25(20)15-8-9-15/h2-5,10,14-15H,6-9,11H2,1H3,(H,21,22,26). The van der Waals surface area contributed by atoms with Gasteiger partial charge in [0.15, 0.2) is 10.3 Å². The Bertz CT molecular complexity index is 1000. The van der Waals surface area contributed by atoms with Gasteiger partial charge in [-0.1, -0.05) is 41.6 Å². The summed E-state index contributed by atoms with van der Waals surface area (Å²) in [7, 11) is 0. The third kappa shape index (κ3) is 3.84. The number of thiazole rings is 1. The van der Waals surface area contributed by atoms with E-state index in [0.717, 1.165) is 22.2 Å². The summed E-state index contributed by atoms with van der Waals surface area (Å²) in [6.45, 7) is 2.06. The second-order valence-corrected chi connectivity index (χ2v) is 9.26. The minimum atomic E-state index is -0.0619. The highest BCUT2D eigenvalue weighted by molar-refractivity contribution is 7.99. The van der Waals surface area contributed by atoms with Crippen LogP contribution in [0.3, 0.4) is 0 Å². The van der Waals surface area contributed by atoms with Gasteiger partial charge >= 0.3 is 0 Å². The molecule has 1 N–H and O–H groups in total. The quantitative estimate of drug-likeness (QED) is 0.573. The zero-order valence-electron chi connectivity index (χ0n) is 15.6. The average Bonchev–Trinajstić information content (AvgIpc) is 3.63. The molecule has 0 saturated heterocycles. The molecule has 0 aliphatic heterocycles. The molecular formula is C20H21N5OS2. The first-order chi connectivity index (χ1) is 13.7. The highest BCUT2D eigenvalue weighted by atomic mass is 32.2. The molecule has 2 fully saturated rings. The average molecular weight is 412 g/mol. The van der Waals surface area contributed by atoms with Crippen LogP contribution in [0.15, 0.2) is 34.8 Å². The van der Waals surface area contributed by atoms with Crippen LogP contribution in [0.4, 0.5) is 5.13 Å². The summed E-state index contributed by atoms with van der Waals surface area (Å²) >= 11 is 2.92. The van der Waals surface area contributed by atoms with Crippen LogP contribution in [0.25, 0.3) is 11.3 Å². The number of aryl methyl sites for hydroxylation is 1. The van der Waals surface area contributed by atoms with Gasteiger partial charge in [0.1, 0.15) is 5.82 Å². The third-order valence-corrected chi connectivity index (χ3v) is 6.68. The molecule has 0 atom stereocenters. The summed E-state index contributed by atoms with van der Waals surface area (Å²) < 4.78 is 2.27. The Hall–Kier alpha value is -2.19. The van der Waals surface area contributed by atoms with Crippen LogP contribution in [0.5, 0.6) is 0 Å². The van der Waals surface area contributed by atoms with E-state index in [1.165, 1.54) is 54.3 Å². The minimum absolute atomic E-state index is 0.0619. The molecule has 2 saturated carbocycles. The highest BCUT2D eigenvalue weighted by Gasteiger charge is 2.36. The number of nitrogens with one attached hydrogen (secondary N) is 1. The summed E-state index contributed by atoms with van der Waals surface area (Å²) in [5.74, 6) is 1.95. The van der Waals surface area contributed by atoms with Crippen molar-refractivity contribution in [2.75, 3.05) is 11.1 Å². The van der Waals surface area contributed by atoms with Crippen LogP contribution in [-0.2, 0) is 4.79 Å². The summed E-state index contributed by atoms with van der Waals surface area (Å²) in [6.07, 6.45) is 4.81. The van der Waals surface area contributed by atoms with E-state index >= 15 is 0 Å². The van der Waals surface area contributed by atoms with Crippen LogP contribution < -0.4 is 5.32 Å². The lowest BCUT2D eigenvalue weighted by Crippen LogP contribution is -2.14. The predicted octanol–water partition coefficient (Wildman–Crippen LogP) is 4.65. The lowest BCUT2D eigenvalue weighted by molar-refractivity contribution is -0.113. The predicted molar refractivity (Wildman–Crippen MR) is 112 cm³/mol. The van der Waals surface area contributed by atoms with Crippen molar-refractivity contribution in [1.82, 2.24) is 19.7 Å².